The largest absolute Gasteiger partial charge is 0.493 e. The van der Waals surface area contributed by atoms with E-state index in [-0.39, 0.29) is 5.91 Å². The molecule has 0 saturated heterocycles. The molecule has 1 N–H and O–H groups in total. The van der Waals surface area contributed by atoms with Crippen LogP contribution in [0.1, 0.15) is 17.5 Å². The van der Waals surface area contributed by atoms with Gasteiger partial charge in [-0.2, -0.15) is 11.8 Å². The van der Waals surface area contributed by atoms with E-state index < -0.39 is 6.04 Å². The van der Waals surface area contributed by atoms with Crippen molar-refractivity contribution in [3.8, 4) is 11.5 Å². The van der Waals surface area contributed by atoms with Crippen LogP contribution in [0.15, 0.2) is 47.5 Å². The molecule has 3 rings (SSSR count). The molecule has 1 atom stereocenters. The summed E-state index contributed by atoms with van der Waals surface area (Å²) in [4.78, 5) is 17.5. The summed E-state index contributed by atoms with van der Waals surface area (Å²) in [5, 5.41) is 3.01. The van der Waals surface area contributed by atoms with Crippen LogP contribution in [0.3, 0.4) is 0 Å². The number of benzodiazepines with no additional fused rings is 1. The highest BCUT2D eigenvalue weighted by atomic mass is 32.2. The number of amides is 1. The van der Waals surface area contributed by atoms with E-state index in [4.69, 9.17) is 14.5 Å². The van der Waals surface area contributed by atoms with Crippen molar-refractivity contribution in [1.82, 2.24) is 0 Å². The molecule has 0 bridgehead atoms. The molecular formula is C20H22N2O3S. The zero-order chi connectivity index (χ0) is 18.5. The van der Waals surface area contributed by atoms with Gasteiger partial charge in [0.2, 0.25) is 5.91 Å². The van der Waals surface area contributed by atoms with Gasteiger partial charge in [0.25, 0.3) is 0 Å². The zero-order valence-corrected chi connectivity index (χ0v) is 15.9. The van der Waals surface area contributed by atoms with Gasteiger partial charge in [0.05, 0.1) is 25.6 Å². The molecule has 0 aromatic heterocycles. The number of thioether (sulfide) groups is 1. The molecule has 1 amide bonds. The fourth-order valence-electron chi connectivity index (χ4n) is 2.93. The monoisotopic (exact) mass is 370 g/mol. The number of aliphatic imine (C=N–C) groups is 1. The highest BCUT2D eigenvalue weighted by molar-refractivity contribution is 7.98. The van der Waals surface area contributed by atoms with Gasteiger partial charge in [0.1, 0.15) is 6.04 Å². The highest BCUT2D eigenvalue weighted by Crippen LogP contribution is 2.36. The fraction of sp³-hybridized carbons (Fsp3) is 0.300. The first-order chi connectivity index (χ1) is 12.7. The number of carbonyl (C=O) groups is 1. The number of hydrogen-bond acceptors (Lipinski definition) is 5. The maximum atomic E-state index is 12.7. The van der Waals surface area contributed by atoms with E-state index >= 15 is 0 Å². The summed E-state index contributed by atoms with van der Waals surface area (Å²) in [7, 11) is 3.18. The molecular weight excluding hydrogens is 348 g/mol. The molecule has 0 aliphatic carbocycles. The molecule has 2 aromatic rings. The topological polar surface area (TPSA) is 59.9 Å². The first kappa shape index (κ1) is 18.3. The quantitative estimate of drug-likeness (QED) is 0.844. The average molecular weight is 370 g/mol. The summed E-state index contributed by atoms with van der Waals surface area (Å²) in [6.45, 7) is 0. The molecule has 0 spiro atoms. The average Bonchev–Trinajstić information content (AvgIpc) is 2.81. The normalized spacial score (nSPS) is 16.2. The van der Waals surface area contributed by atoms with Gasteiger partial charge >= 0.3 is 0 Å². The summed E-state index contributed by atoms with van der Waals surface area (Å²) in [5.74, 6) is 1.94. The molecule has 6 heteroatoms. The van der Waals surface area contributed by atoms with Crippen molar-refractivity contribution in [2.75, 3.05) is 31.5 Å². The Morgan fingerprint density at radius 2 is 1.81 bits per heavy atom. The van der Waals surface area contributed by atoms with Crippen LogP contribution in [-0.4, -0.2) is 43.9 Å². The Balaban J connectivity index is 2.17. The fourth-order valence-corrected chi connectivity index (χ4v) is 3.39. The minimum atomic E-state index is -0.429. The third-order valence-corrected chi connectivity index (χ3v) is 4.91. The standard InChI is InChI=1S/C20H22N2O3S/c1-24-17-11-14-16(12-18(17)25-2)22-20(23)15(9-10-26-3)21-19(14)13-7-5-4-6-8-13/h4-8,11-12,15H,9-10H2,1-3H3,(H,22,23). The van der Waals surface area contributed by atoms with Gasteiger partial charge < -0.3 is 14.8 Å². The number of rotatable bonds is 6. The third-order valence-electron chi connectivity index (χ3n) is 4.27. The van der Waals surface area contributed by atoms with E-state index in [1.807, 2.05) is 42.7 Å². The van der Waals surface area contributed by atoms with Gasteiger partial charge in [-0.05, 0) is 24.5 Å². The second kappa shape index (κ2) is 8.27. The van der Waals surface area contributed by atoms with Crippen molar-refractivity contribution in [3.05, 3.63) is 53.6 Å². The summed E-state index contributed by atoms with van der Waals surface area (Å²) in [6.07, 6.45) is 2.71. The van der Waals surface area contributed by atoms with Gasteiger partial charge in [0, 0.05) is 17.2 Å². The Morgan fingerprint density at radius 1 is 1.12 bits per heavy atom. The molecule has 1 aliphatic rings. The Bertz CT molecular complexity index is 821. The van der Waals surface area contributed by atoms with Crippen molar-refractivity contribution in [1.29, 1.82) is 0 Å². The SMILES string of the molecule is COc1cc2c(cc1OC)C(c1ccccc1)=NC(CCSC)C(=O)N2. The van der Waals surface area contributed by atoms with Gasteiger partial charge in [0.15, 0.2) is 11.5 Å². The predicted molar refractivity (Wildman–Crippen MR) is 107 cm³/mol. The minimum absolute atomic E-state index is 0.0987. The first-order valence-electron chi connectivity index (χ1n) is 8.37. The number of hydrogen-bond donors (Lipinski definition) is 1. The summed E-state index contributed by atoms with van der Waals surface area (Å²) >= 11 is 1.71. The maximum absolute atomic E-state index is 12.7. The molecule has 0 radical (unpaired) electrons. The smallest absolute Gasteiger partial charge is 0.249 e. The lowest BCUT2D eigenvalue weighted by Gasteiger charge is -2.15. The van der Waals surface area contributed by atoms with Gasteiger partial charge in [-0.3, -0.25) is 9.79 Å². The number of ether oxygens (including phenoxy) is 2. The summed E-state index contributed by atoms with van der Waals surface area (Å²) < 4.78 is 10.8. The van der Waals surface area contributed by atoms with Crippen LogP contribution in [0.25, 0.3) is 0 Å². The van der Waals surface area contributed by atoms with Crippen molar-refractivity contribution in [2.24, 2.45) is 4.99 Å². The van der Waals surface area contributed by atoms with Crippen LogP contribution >= 0.6 is 11.8 Å². The van der Waals surface area contributed by atoms with Crippen molar-refractivity contribution in [3.63, 3.8) is 0 Å². The van der Waals surface area contributed by atoms with E-state index in [0.717, 1.165) is 22.6 Å². The number of nitrogens with one attached hydrogen (secondary N) is 1. The Kier molecular flexibility index (Phi) is 5.83. The number of nitrogens with zero attached hydrogens (tertiary/aromatic N) is 1. The Morgan fingerprint density at radius 3 is 2.46 bits per heavy atom. The third kappa shape index (κ3) is 3.70. The maximum Gasteiger partial charge on any atom is 0.249 e. The number of benzene rings is 2. The lowest BCUT2D eigenvalue weighted by molar-refractivity contribution is -0.117. The van der Waals surface area contributed by atoms with E-state index in [0.29, 0.717) is 23.6 Å². The van der Waals surface area contributed by atoms with Crippen LogP contribution in [0.2, 0.25) is 0 Å². The molecule has 136 valence electrons. The molecule has 5 nitrogen and oxygen atoms in total. The summed E-state index contributed by atoms with van der Waals surface area (Å²) in [5.41, 5.74) is 3.26. The molecule has 1 unspecified atom stereocenters. The van der Waals surface area contributed by atoms with Crippen LogP contribution in [-0.2, 0) is 4.79 Å². The van der Waals surface area contributed by atoms with Gasteiger partial charge in [-0.25, -0.2) is 0 Å². The van der Waals surface area contributed by atoms with E-state index in [9.17, 15) is 4.79 Å². The summed E-state index contributed by atoms with van der Waals surface area (Å²) in [6, 6.07) is 13.1. The number of methoxy groups -OCH3 is 2. The molecule has 26 heavy (non-hydrogen) atoms. The number of anilines is 1. The Hall–Kier alpha value is -2.47. The van der Waals surface area contributed by atoms with Crippen LogP contribution in [0.4, 0.5) is 5.69 Å². The van der Waals surface area contributed by atoms with Crippen LogP contribution < -0.4 is 14.8 Å². The lowest BCUT2D eigenvalue weighted by atomic mass is 10.00. The molecule has 0 fully saturated rings. The molecule has 1 aliphatic heterocycles. The Labute approximate surface area is 157 Å². The zero-order valence-electron chi connectivity index (χ0n) is 15.1. The van der Waals surface area contributed by atoms with E-state index in [2.05, 4.69) is 5.32 Å². The molecule has 0 saturated carbocycles. The highest BCUT2D eigenvalue weighted by Gasteiger charge is 2.27. The second-order valence-corrected chi connectivity index (χ2v) is 6.87. The number of carbonyl (C=O) groups excluding carboxylic acids is 1. The van der Waals surface area contributed by atoms with E-state index in [1.165, 1.54) is 0 Å². The van der Waals surface area contributed by atoms with Crippen molar-refractivity contribution >= 4 is 29.1 Å². The van der Waals surface area contributed by atoms with Crippen LogP contribution in [0, 0.1) is 0 Å². The van der Waals surface area contributed by atoms with Crippen molar-refractivity contribution in [2.45, 2.75) is 12.5 Å². The second-order valence-electron chi connectivity index (χ2n) is 5.88. The van der Waals surface area contributed by atoms with Gasteiger partial charge in [-0.1, -0.05) is 30.3 Å². The van der Waals surface area contributed by atoms with Crippen LogP contribution in [0.5, 0.6) is 11.5 Å². The lowest BCUT2D eigenvalue weighted by Crippen LogP contribution is -2.26. The van der Waals surface area contributed by atoms with Gasteiger partial charge in [-0.15, -0.1) is 0 Å². The van der Waals surface area contributed by atoms with Crippen molar-refractivity contribution < 1.29 is 14.3 Å². The minimum Gasteiger partial charge on any atom is -0.493 e. The molecule has 2 aromatic carbocycles. The molecule has 1 heterocycles. The van der Waals surface area contributed by atoms with E-state index in [1.54, 1.807) is 32.0 Å². The predicted octanol–water partition coefficient (Wildman–Crippen LogP) is 3.62. The number of fused-ring (bicyclic) bond motifs is 1. The first-order valence-corrected chi connectivity index (χ1v) is 9.76.